The van der Waals surface area contributed by atoms with Crippen LogP contribution in [0.25, 0.3) is 11.1 Å². The minimum Gasteiger partial charge on any atom is -0.494 e. The van der Waals surface area contributed by atoms with E-state index < -0.39 is 5.60 Å². The third kappa shape index (κ3) is 4.45. The predicted molar refractivity (Wildman–Crippen MR) is 130 cm³/mol. The molecule has 2 saturated heterocycles. The molecule has 0 aromatic carbocycles. The number of nitrogens with two attached hydrogens (primary N) is 1. The third-order valence-electron chi connectivity index (χ3n) is 6.47. The lowest BCUT2D eigenvalue weighted by atomic mass is 9.97. The number of nitrogens with zero attached hydrogens (tertiary/aromatic N) is 5. The van der Waals surface area contributed by atoms with E-state index in [1.165, 1.54) is 6.20 Å². The number of hydrogen-bond donors (Lipinski definition) is 1. The Morgan fingerprint density at radius 1 is 1.32 bits per heavy atom. The van der Waals surface area contributed by atoms with Gasteiger partial charge in [0.25, 0.3) is 0 Å². The highest BCUT2D eigenvalue weighted by Gasteiger charge is 2.44. The van der Waals surface area contributed by atoms with E-state index in [0.717, 1.165) is 42.5 Å². The Hall–Kier alpha value is -3.54. The first-order valence-corrected chi connectivity index (χ1v) is 11.6. The number of carbonyl (C=O) groups excluding carboxylic acids is 1. The topological polar surface area (TPSA) is 118 Å². The fourth-order valence-corrected chi connectivity index (χ4v) is 5.10. The minimum atomic E-state index is -0.506. The van der Waals surface area contributed by atoms with Crippen molar-refractivity contribution in [3.8, 4) is 11.8 Å². The first-order valence-electron chi connectivity index (χ1n) is 11.6. The summed E-state index contributed by atoms with van der Waals surface area (Å²) in [7, 11) is 1.56. The summed E-state index contributed by atoms with van der Waals surface area (Å²) in [5.74, 6) is 0.544. The Morgan fingerprint density at radius 2 is 2.00 bits per heavy atom. The maximum atomic E-state index is 12.7. The van der Waals surface area contributed by atoms with Crippen LogP contribution < -0.4 is 10.5 Å². The molecule has 34 heavy (non-hydrogen) atoms. The Balaban J connectivity index is 1.56. The highest BCUT2D eigenvalue weighted by molar-refractivity contribution is 6.22. The van der Waals surface area contributed by atoms with E-state index in [1.807, 2.05) is 44.9 Å². The van der Waals surface area contributed by atoms with Crippen molar-refractivity contribution in [3.63, 3.8) is 0 Å². The van der Waals surface area contributed by atoms with Gasteiger partial charge >= 0.3 is 6.09 Å². The molecule has 2 bridgehead atoms. The van der Waals surface area contributed by atoms with Gasteiger partial charge in [0.05, 0.1) is 19.3 Å². The fraction of sp³-hybridized carbons (Fsp3) is 0.520. The van der Waals surface area contributed by atoms with E-state index in [2.05, 4.69) is 11.2 Å². The van der Waals surface area contributed by atoms with Crippen molar-refractivity contribution in [2.45, 2.75) is 77.1 Å². The van der Waals surface area contributed by atoms with Gasteiger partial charge in [-0.15, -0.1) is 0 Å². The number of aromatic nitrogens is 2. The molecular formula is C25H32N6O3. The lowest BCUT2D eigenvalue weighted by molar-refractivity contribution is 0.00628. The van der Waals surface area contributed by atoms with Crippen LogP contribution in [-0.2, 0) is 4.74 Å². The van der Waals surface area contributed by atoms with E-state index in [-0.39, 0.29) is 24.2 Å². The second-order valence-corrected chi connectivity index (χ2v) is 9.95. The normalized spacial score (nSPS) is 23.2. The molecule has 0 aliphatic carbocycles. The molecule has 2 aromatic heterocycles. The average Bonchev–Trinajstić information content (AvgIpc) is 3.30. The van der Waals surface area contributed by atoms with Crippen LogP contribution in [0.2, 0.25) is 0 Å². The summed E-state index contributed by atoms with van der Waals surface area (Å²) in [6.07, 6.45) is 8.21. The molecule has 0 spiro atoms. The number of fused-ring (bicyclic) bond motifs is 3. The molecule has 2 aromatic rings. The number of amides is 1. The Labute approximate surface area is 199 Å². The highest BCUT2D eigenvalue weighted by Crippen LogP contribution is 2.38. The van der Waals surface area contributed by atoms with Crippen LogP contribution in [0.3, 0.4) is 0 Å². The molecule has 2 fully saturated rings. The van der Waals surface area contributed by atoms with Crippen molar-refractivity contribution in [2.24, 2.45) is 10.7 Å². The average molecular weight is 465 g/mol. The van der Waals surface area contributed by atoms with Gasteiger partial charge in [0.15, 0.2) is 0 Å². The number of nitriles is 1. The molecule has 9 nitrogen and oxygen atoms in total. The van der Waals surface area contributed by atoms with Gasteiger partial charge in [0, 0.05) is 41.3 Å². The zero-order valence-electron chi connectivity index (χ0n) is 20.4. The SMILES string of the molecule is COc1cc(/C(=C/N)C(C)=NC2C[C@H]3CC[C@@H](C2)N3C(=O)OC(C)(C)C)cn2ncc(C#N)c12. The summed E-state index contributed by atoms with van der Waals surface area (Å²) in [6, 6.07) is 4.38. The molecule has 0 saturated carbocycles. The van der Waals surface area contributed by atoms with Crippen LogP contribution in [0.4, 0.5) is 4.79 Å². The Morgan fingerprint density at radius 3 is 2.56 bits per heavy atom. The lowest BCUT2D eigenvalue weighted by Gasteiger charge is -2.38. The van der Waals surface area contributed by atoms with Gasteiger partial charge in [0.1, 0.15) is 28.5 Å². The Kier molecular flexibility index (Phi) is 6.26. The van der Waals surface area contributed by atoms with Crippen LogP contribution in [0.5, 0.6) is 5.75 Å². The van der Waals surface area contributed by atoms with Crippen LogP contribution in [0, 0.1) is 11.3 Å². The summed E-state index contributed by atoms with van der Waals surface area (Å²) >= 11 is 0. The molecular weight excluding hydrogens is 432 g/mol. The summed E-state index contributed by atoms with van der Waals surface area (Å²) < 4.78 is 12.8. The van der Waals surface area contributed by atoms with Gasteiger partial charge in [-0.1, -0.05) is 0 Å². The third-order valence-corrected chi connectivity index (χ3v) is 6.47. The quantitative estimate of drug-likeness (QED) is 0.686. The molecule has 9 heteroatoms. The number of carbonyl (C=O) groups is 1. The summed E-state index contributed by atoms with van der Waals surface area (Å²) in [5.41, 5.74) is 8.97. The van der Waals surface area contributed by atoms with Gasteiger partial charge in [-0.2, -0.15) is 10.4 Å². The monoisotopic (exact) mass is 464 g/mol. The summed E-state index contributed by atoms with van der Waals surface area (Å²) in [6.45, 7) is 7.63. The lowest BCUT2D eigenvalue weighted by Crippen LogP contribution is -2.49. The predicted octanol–water partition coefficient (Wildman–Crippen LogP) is 3.91. The van der Waals surface area contributed by atoms with E-state index in [1.54, 1.807) is 17.8 Å². The number of aliphatic imine (C=N–C) groups is 1. The van der Waals surface area contributed by atoms with Crippen molar-refractivity contribution in [3.05, 3.63) is 35.8 Å². The molecule has 1 unspecified atom stereocenters. The van der Waals surface area contributed by atoms with Crippen molar-refractivity contribution in [2.75, 3.05) is 7.11 Å². The smallest absolute Gasteiger partial charge is 0.410 e. The summed E-state index contributed by atoms with van der Waals surface area (Å²) in [5, 5.41) is 13.6. The molecule has 180 valence electrons. The van der Waals surface area contributed by atoms with E-state index in [4.69, 9.17) is 20.2 Å². The number of piperidine rings is 1. The molecule has 2 aliphatic rings. The second-order valence-electron chi connectivity index (χ2n) is 9.95. The van der Waals surface area contributed by atoms with Crippen molar-refractivity contribution in [1.29, 1.82) is 5.26 Å². The number of ether oxygens (including phenoxy) is 2. The zero-order chi connectivity index (χ0) is 24.6. The first-order chi connectivity index (χ1) is 16.1. The van der Waals surface area contributed by atoms with Crippen molar-refractivity contribution in [1.82, 2.24) is 14.5 Å². The largest absolute Gasteiger partial charge is 0.494 e. The number of allylic oxidation sites excluding steroid dienone is 1. The van der Waals surface area contributed by atoms with Gasteiger partial charge in [0.2, 0.25) is 0 Å². The maximum Gasteiger partial charge on any atom is 0.410 e. The van der Waals surface area contributed by atoms with Crippen LogP contribution in [0.1, 0.15) is 64.5 Å². The molecule has 3 atom stereocenters. The second kappa shape index (κ2) is 9.01. The minimum absolute atomic E-state index is 0.103. The molecule has 0 radical (unpaired) electrons. The van der Waals surface area contributed by atoms with Crippen LogP contribution >= 0.6 is 0 Å². The standard InChI is InChI=1S/C25H32N6O3/c1-15(21(12-27)16-8-22(33-5)23-17(11-26)13-28-30(23)14-16)29-18-9-19-6-7-20(10-18)31(19)24(32)34-25(2,3)4/h8,12-14,18-20H,6-7,9-10,27H2,1-5H3/b21-12+,29-15?/t18?,19-,20+. The number of hydrogen-bond acceptors (Lipinski definition) is 7. The van der Waals surface area contributed by atoms with Crippen molar-refractivity contribution >= 4 is 22.9 Å². The zero-order valence-corrected chi connectivity index (χ0v) is 20.4. The van der Waals surface area contributed by atoms with Gasteiger partial charge < -0.3 is 20.1 Å². The van der Waals surface area contributed by atoms with Crippen LogP contribution in [0.15, 0.2) is 29.7 Å². The highest BCUT2D eigenvalue weighted by atomic mass is 16.6. The molecule has 2 N–H and O–H groups in total. The summed E-state index contributed by atoms with van der Waals surface area (Å²) in [4.78, 5) is 19.7. The molecule has 2 aliphatic heterocycles. The Bertz CT molecular complexity index is 1190. The van der Waals surface area contributed by atoms with Crippen LogP contribution in [-0.4, -0.2) is 57.2 Å². The van der Waals surface area contributed by atoms with Crippen molar-refractivity contribution < 1.29 is 14.3 Å². The number of methoxy groups -OCH3 is 1. The molecule has 4 heterocycles. The fourth-order valence-electron chi connectivity index (χ4n) is 5.10. The number of pyridine rings is 1. The molecule has 1 amide bonds. The number of rotatable bonds is 4. The van der Waals surface area contributed by atoms with E-state index in [9.17, 15) is 10.1 Å². The molecule has 4 rings (SSSR count). The maximum absolute atomic E-state index is 12.7. The van der Waals surface area contributed by atoms with Gasteiger partial charge in [-0.3, -0.25) is 4.99 Å². The van der Waals surface area contributed by atoms with Gasteiger partial charge in [-0.05, 0) is 59.4 Å². The van der Waals surface area contributed by atoms with Gasteiger partial charge in [-0.25, -0.2) is 9.31 Å². The van der Waals surface area contributed by atoms with E-state index >= 15 is 0 Å². The first kappa shape index (κ1) is 23.6. The van der Waals surface area contributed by atoms with E-state index in [0.29, 0.717) is 16.8 Å².